The summed E-state index contributed by atoms with van der Waals surface area (Å²) in [4.78, 5) is 5.63. The van der Waals surface area contributed by atoms with E-state index in [1.807, 2.05) is 37.7 Å². The van der Waals surface area contributed by atoms with Gasteiger partial charge in [0.25, 0.3) is 0 Å². The standard InChI is InChI=1S/C14H19N3OS/c1-4-14(3,15)13-16-12(17-18-13)10-6-8-11(9-7-10)19-5-2/h6-9H,4-5,15H2,1-3H3. The maximum atomic E-state index is 6.09. The van der Waals surface area contributed by atoms with E-state index in [9.17, 15) is 0 Å². The first-order chi connectivity index (χ1) is 9.06. The van der Waals surface area contributed by atoms with E-state index in [-0.39, 0.29) is 0 Å². The van der Waals surface area contributed by atoms with Gasteiger partial charge in [-0.05, 0) is 43.4 Å². The van der Waals surface area contributed by atoms with Crippen LogP contribution < -0.4 is 5.73 Å². The highest BCUT2D eigenvalue weighted by Crippen LogP contribution is 2.25. The van der Waals surface area contributed by atoms with Crippen LogP contribution in [0.1, 0.15) is 33.1 Å². The first kappa shape index (κ1) is 14.1. The lowest BCUT2D eigenvalue weighted by Crippen LogP contribution is -2.32. The lowest BCUT2D eigenvalue weighted by atomic mass is 10.0. The van der Waals surface area contributed by atoms with E-state index in [1.165, 1.54) is 4.90 Å². The Labute approximate surface area is 117 Å². The first-order valence-electron chi connectivity index (χ1n) is 6.43. The monoisotopic (exact) mass is 277 g/mol. The molecule has 1 unspecified atom stereocenters. The van der Waals surface area contributed by atoms with Gasteiger partial charge in [-0.25, -0.2) is 0 Å². The van der Waals surface area contributed by atoms with Crippen LogP contribution in [0.25, 0.3) is 11.4 Å². The third-order valence-corrected chi connectivity index (χ3v) is 3.97. The number of nitrogens with zero attached hydrogens (tertiary/aromatic N) is 2. The Morgan fingerprint density at radius 1 is 1.26 bits per heavy atom. The summed E-state index contributed by atoms with van der Waals surface area (Å²) in [6.45, 7) is 6.03. The maximum Gasteiger partial charge on any atom is 0.246 e. The zero-order valence-corrected chi connectivity index (χ0v) is 12.3. The molecule has 0 fully saturated rings. The number of benzene rings is 1. The van der Waals surface area contributed by atoms with E-state index in [0.29, 0.717) is 11.7 Å². The summed E-state index contributed by atoms with van der Waals surface area (Å²) >= 11 is 1.81. The summed E-state index contributed by atoms with van der Waals surface area (Å²) in [5.41, 5.74) is 6.47. The molecule has 5 heteroatoms. The second kappa shape index (κ2) is 5.75. The summed E-state index contributed by atoms with van der Waals surface area (Å²) < 4.78 is 5.26. The molecule has 1 heterocycles. The summed E-state index contributed by atoms with van der Waals surface area (Å²) in [6, 6.07) is 8.15. The third-order valence-electron chi connectivity index (χ3n) is 3.07. The van der Waals surface area contributed by atoms with Gasteiger partial charge in [0.15, 0.2) is 0 Å². The quantitative estimate of drug-likeness (QED) is 0.848. The van der Waals surface area contributed by atoms with Crippen LogP contribution in [0.15, 0.2) is 33.7 Å². The summed E-state index contributed by atoms with van der Waals surface area (Å²) in [5, 5.41) is 4.00. The molecular formula is C14H19N3OS. The van der Waals surface area contributed by atoms with Crippen molar-refractivity contribution in [2.45, 2.75) is 37.6 Å². The van der Waals surface area contributed by atoms with Gasteiger partial charge in [0, 0.05) is 10.5 Å². The molecule has 0 aliphatic rings. The first-order valence-corrected chi connectivity index (χ1v) is 7.41. The highest BCUT2D eigenvalue weighted by atomic mass is 32.2. The number of rotatable bonds is 5. The van der Waals surface area contributed by atoms with E-state index in [1.54, 1.807) is 0 Å². The third kappa shape index (κ3) is 3.16. The Balaban J connectivity index is 2.23. The Hall–Kier alpha value is -1.33. The van der Waals surface area contributed by atoms with E-state index in [2.05, 4.69) is 29.2 Å². The lowest BCUT2D eigenvalue weighted by Gasteiger charge is -2.16. The fraction of sp³-hybridized carbons (Fsp3) is 0.429. The topological polar surface area (TPSA) is 64.9 Å². The van der Waals surface area contributed by atoms with Crippen molar-refractivity contribution in [3.8, 4) is 11.4 Å². The Morgan fingerprint density at radius 2 is 1.95 bits per heavy atom. The van der Waals surface area contributed by atoms with Gasteiger partial charge in [-0.15, -0.1) is 11.8 Å². The van der Waals surface area contributed by atoms with Crippen molar-refractivity contribution in [2.75, 3.05) is 5.75 Å². The van der Waals surface area contributed by atoms with Crippen molar-refractivity contribution < 1.29 is 4.52 Å². The van der Waals surface area contributed by atoms with Crippen LogP contribution in [0.5, 0.6) is 0 Å². The van der Waals surface area contributed by atoms with Crippen molar-refractivity contribution in [1.82, 2.24) is 10.1 Å². The van der Waals surface area contributed by atoms with E-state index in [4.69, 9.17) is 10.3 Å². The lowest BCUT2D eigenvalue weighted by molar-refractivity contribution is 0.291. The number of thioether (sulfide) groups is 1. The second-order valence-electron chi connectivity index (χ2n) is 4.65. The summed E-state index contributed by atoms with van der Waals surface area (Å²) in [5.74, 6) is 2.14. The minimum Gasteiger partial charge on any atom is -0.337 e. The normalized spacial score (nSPS) is 14.3. The van der Waals surface area contributed by atoms with Crippen LogP contribution >= 0.6 is 11.8 Å². The molecule has 102 valence electrons. The smallest absolute Gasteiger partial charge is 0.246 e. The molecule has 0 bridgehead atoms. The molecule has 0 saturated carbocycles. The van der Waals surface area contributed by atoms with Crippen LogP contribution in [-0.4, -0.2) is 15.9 Å². The van der Waals surface area contributed by atoms with Gasteiger partial charge in [-0.3, -0.25) is 0 Å². The molecule has 19 heavy (non-hydrogen) atoms. The zero-order valence-electron chi connectivity index (χ0n) is 11.5. The molecule has 1 aromatic carbocycles. The molecule has 0 spiro atoms. The molecule has 0 saturated heterocycles. The molecule has 2 N–H and O–H groups in total. The predicted octanol–water partition coefficient (Wildman–Crippen LogP) is 3.43. The number of aromatic nitrogens is 2. The van der Waals surface area contributed by atoms with Gasteiger partial charge < -0.3 is 10.3 Å². The highest BCUT2D eigenvalue weighted by molar-refractivity contribution is 7.99. The summed E-state index contributed by atoms with van der Waals surface area (Å²) in [7, 11) is 0. The molecule has 0 aliphatic carbocycles. The molecule has 4 nitrogen and oxygen atoms in total. The van der Waals surface area contributed by atoms with E-state index < -0.39 is 5.54 Å². The Bertz CT molecular complexity index is 534. The van der Waals surface area contributed by atoms with Crippen molar-refractivity contribution >= 4 is 11.8 Å². The van der Waals surface area contributed by atoms with Crippen molar-refractivity contribution in [1.29, 1.82) is 0 Å². The van der Waals surface area contributed by atoms with Crippen LogP contribution in [0.4, 0.5) is 0 Å². The molecule has 0 radical (unpaired) electrons. The molecule has 1 atom stereocenters. The molecule has 2 aromatic rings. The second-order valence-corrected chi connectivity index (χ2v) is 5.99. The number of nitrogens with two attached hydrogens (primary N) is 1. The SMILES string of the molecule is CCSc1ccc(-c2noc(C(C)(N)CC)n2)cc1. The molecule has 2 rings (SSSR count). The average molecular weight is 277 g/mol. The van der Waals surface area contributed by atoms with Gasteiger partial charge in [-0.1, -0.05) is 19.0 Å². The van der Waals surface area contributed by atoms with Crippen LogP contribution in [0.3, 0.4) is 0 Å². The van der Waals surface area contributed by atoms with Crippen LogP contribution in [0.2, 0.25) is 0 Å². The van der Waals surface area contributed by atoms with Gasteiger partial charge in [0.2, 0.25) is 11.7 Å². The minimum atomic E-state index is -0.566. The van der Waals surface area contributed by atoms with Gasteiger partial charge in [0.05, 0.1) is 5.54 Å². The van der Waals surface area contributed by atoms with Gasteiger partial charge in [0.1, 0.15) is 0 Å². The summed E-state index contributed by atoms with van der Waals surface area (Å²) in [6.07, 6.45) is 0.751. The largest absolute Gasteiger partial charge is 0.337 e. The molecule has 0 amide bonds. The van der Waals surface area contributed by atoms with Crippen LogP contribution in [-0.2, 0) is 5.54 Å². The van der Waals surface area contributed by atoms with Gasteiger partial charge >= 0.3 is 0 Å². The van der Waals surface area contributed by atoms with Crippen LogP contribution in [0, 0.1) is 0 Å². The van der Waals surface area contributed by atoms with E-state index in [0.717, 1.165) is 17.7 Å². The Morgan fingerprint density at radius 3 is 2.53 bits per heavy atom. The minimum absolute atomic E-state index is 0.483. The Kier molecular flexibility index (Phi) is 4.27. The molecule has 0 aliphatic heterocycles. The molecular weight excluding hydrogens is 258 g/mol. The van der Waals surface area contributed by atoms with Crippen molar-refractivity contribution in [2.24, 2.45) is 5.73 Å². The maximum absolute atomic E-state index is 6.09. The number of hydrogen-bond acceptors (Lipinski definition) is 5. The average Bonchev–Trinajstić information content (AvgIpc) is 2.90. The zero-order chi connectivity index (χ0) is 13.9. The fourth-order valence-corrected chi connectivity index (χ4v) is 2.25. The fourth-order valence-electron chi connectivity index (χ4n) is 1.59. The number of hydrogen-bond donors (Lipinski definition) is 1. The van der Waals surface area contributed by atoms with Crippen molar-refractivity contribution in [3.63, 3.8) is 0 Å². The highest BCUT2D eigenvalue weighted by Gasteiger charge is 2.26. The molecule has 1 aromatic heterocycles. The predicted molar refractivity (Wildman–Crippen MR) is 78.0 cm³/mol. The van der Waals surface area contributed by atoms with Crippen molar-refractivity contribution in [3.05, 3.63) is 30.2 Å². The van der Waals surface area contributed by atoms with E-state index >= 15 is 0 Å². The van der Waals surface area contributed by atoms with Gasteiger partial charge in [-0.2, -0.15) is 4.98 Å².